The van der Waals surface area contributed by atoms with E-state index < -0.39 is 148 Å². The molecule has 10 aromatic rings. The van der Waals surface area contributed by atoms with E-state index >= 15 is 0 Å². The molecule has 1 aromatic heterocycles. The Balaban J connectivity index is 1.16. The fourth-order valence-electron chi connectivity index (χ4n) is 6.85. The van der Waals surface area contributed by atoms with Gasteiger partial charge in [0, 0.05) is 44.6 Å². The number of hydrogen-bond acceptors (Lipinski definition) is 2. The lowest BCUT2D eigenvalue weighted by molar-refractivity contribution is 0.479. The van der Waals surface area contributed by atoms with Crippen LogP contribution in [0, 0.1) is 0 Å². The summed E-state index contributed by atoms with van der Waals surface area (Å²) >= 11 is 0. The van der Waals surface area contributed by atoms with Crippen LogP contribution in [-0.4, -0.2) is 9.67 Å². The number of phenols is 1. The van der Waals surface area contributed by atoms with Gasteiger partial charge in [-0.15, -0.1) is 0 Å². The van der Waals surface area contributed by atoms with Crippen molar-refractivity contribution in [2.24, 2.45) is 0 Å². The molecule has 260 valence electrons. The number of hydrogen-bond donors (Lipinski definition) is 1. The van der Waals surface area contributed by atoms with Gasteiger partial charge in [0.25, 0.3) is 0 Å². The Bertz CT molecular complexity index is 3930. The molecule has 0 atom stereocenters. The van der Waals surface area contributed by atoms with Gasteiger partial charge in [-0.25, -0.2) is 0 Å². The van der Waals surface area contributed by atoms with Crippen molar-refractivity contribution < 1.29 is 29.8 Å². The topological polar surface area (TPSA) is 28.4 Å². The van der Waals surface area contributed by atoms with E-state index in [4.69, 9.17) is 19.2 Å². The van der Waals surface area contributed by atoms with Crippen molar-refractivity contribution in [2.45, 2.75) is 0 Å². The van der Waals surface area contributed by atoms with E-state index in [0.717, 1.165) is 44.0 Å². The van der Waals surface area contributed by atoms with Crippen LogP contribution < -0.4 is 4.90 Å². The third-order valence-electron chi connectivity index (χ3n) is 9.38. The highest BCUT2D eigenvalue weighted by molar-refractivity contribution is 6.09. The number of anilines is 3. The molecule has 0 aliphatic carbocycles. The number of fused-ring (bicyclic) bond motifs is 4. The van der Waals surface area contributed by atoms with Crippen molar-refractivity contribution in [3.05, 3.63) is 212 Å². The standard InChI is InChI=1S/C52H36N2O/c55-52-46(20-11-21-47(52)41-25-24-36-12-4-5-13-39(36)34-41)38-28-32-44(33-29-38)53(42-15-2-1-3-16-42)43-30-26-37(27-31-43)40-14-10-17-45(35-40)54-50-22-8-6-18-48(50)49-19-7-9-23-51(49)54/h1-35,55H/i1D,2D,3D,4D,5D,11D,12D,13D,15D,16D,20D,21D,24D,25D,28D,29D,32D,33D. The number of rotatable bonds is 7. The third-order valence-corrected chi connectivity index (χ3v) is 9.38. The molecule has 0 radical (unpaired) electrons. The summed E-state index contributed by atoms with van der Waals surface area (Å²) in [4.78, 5) is 1.01. The molecule has 3 heteroatoms. The van der Waals surface area contributed by atoms with Crippen molar-refractivity contribution >= 4 is 49.6 Å². The first-order valence-electron chi connectivity index (χ1n) is 26.2. The minimum absolute atomic E-state index is 0.0520. The van der Waals surface area contributed by atoms with E-state index in [-0.39, 0.29) is 16.5 Å². The molecule has 0 saturated carbocycles. The van der Waals surface area contributed by atoms with Gasteiger partial charge < -0.3 is 14.6 Å². The fourth-order valence-corrected chi connectivity index (χ4v) is 6.85. The van der Waals surface area contributed by atoms with E-state index in [1.807, 2.05) is 60.7 Å². The first kappa shape index (κ1) is 18.6. The van der Waals surface area contributed by atoms with Crippen LogP contribution in [0.1, 0.15) is 24.7 Å². The number of aromatic hydroxyl groups is 1. The zero-order valence-electron chi connectivity index (χ0n) is 46.7. The minimum Gasteiger partial charge on any atom is -0.507 e. The van der Waals surface area contributed by atoms with Gasteiger partial charge in [-0.3, -0.25) is 0 Å². The van der Waals surface area contributed by atoms with Crippen LogP contribution >= 0.6 is 0 Å². The highest BCUT2D eigenvalue weighted by Crippen LogP contribution is 2.41. The molecule has 0 amide bonds. The molecule has 0 aliphatic rings. The minimum atomic E-state index is -1.06. The lowest BCUT2D eigenvalue weighted by Gasteiger charge is -2.26. The van der Waals surface area contributed by atoms with E-state index in [9.17, 15) is 10.6 Å². The zero-order chi connectivity index (χ0) is 52.4. The monoisotopic (exact) mass is 722 g/mol. The molecule has 0 bridgehead atoms. The van der Waals surface area contributed by atoms with Crippen LogP contribution in [0.3, 0.4) is 0 Å². The smallest absolute Gasteiger partial charge is 0.131 e. The first-order valence-corrected chi connectivity index (χ1v) is 17.2. The maximum Gasteiger partial charge on any atom is 0.131 e. The van der Waals surface area contributed by atoms with Crippen molar-refractivity contribution in [3.8, 4) is 44.8 Å². The summed E-state index contributed by atoms with van der Waals surface area (Å²) < 4.78 is 161. The Hall–Kier alpha value is -7.36. The van der Waals surface area contributed by atoms with Gasteiger partial charge in [0.05, 0.1) is 35.7 Å². The molecule has 0 aliphatic heterocycles. The quantitative estimate of drug-likeness (QED) is 0.177. The molecule has 0 spiro atoms. The molecule has 3 nitrogen and oxygen atoms in total. The lowest BCUT2D eigenvalue weighted by atomic mass is 9.95. The molecule has 10 rings (SSSR count). The van der Waals surface area contributed by atoms with E-state index in [1.165, 1.54) is 12.1 Å². The average Bonchev–Trinajstić information content (AvgIpc) is 3.73. The predicted octanol–water partition coefficient (Wildman–Crippen LogP) is 14.1. The second-order valence-electron chi connectivity index (χ2n) is 12.6. The highest BCUT2D eigenvalue weighted by atomic mass is 16.3. The Morgan fingerprint density at radius 2 is 1.04 bits per heavy atom. The fraction of sp³-hybridized carbons (Fsp3) is 0. The first-order chi connectivity index (χ1) is 34.7. The molecule has 9 aromatic carbocycles. The molecule has 0 saturated heterocycles. The molecular weight excluding hydrogens is 669 g/mol. The highest BCUT2D eigenvalue weighted by Gasteiger charge is 2.16. The van der Waals surface area contributed by atoms with Crippen LogP contribution in [0.2, 0.25) is 0 Å². The van der Waals surface area contributed by atoms with Crippen molar-refractivity contribution in [1.29, 1.82) is 0 Å². The number of phenolic OH excluding ortho intramolecular Hbond substituents is 1. The van der Waals surface area contributed by atoms with E-state index in [2.05, 4.69) is 16.7 Å². The van der Waals surface area contributed by atoms with E-state index in [0.29, 0.717) is 5.56 Å². The molecule has 0 unspecified atom stereocenters. The second kappa shape index (κ2) is 13.6. The number of para-hydroxylation sites is 4. The van der Waals surface area contributed by atoms with Crippen molar-refractivity contribution in [2.75, 3.05) is 4.90 Å². The zero-order valence-corrected chi connectivity index (χ0v) is 28.7. The van der Waals surface area contributed by atoms with Gasteiger partial charge in [-0.05, 0) is 99.7 Å². The summed E-state index contributed by atoms with van der Waals surface area (Å²) in [5, 5.41) is 13.6. The Labute approximate surface area is 345 Å². The number of aromatic nitrogens is 1. The number of benzene rings is 9. The second-order valence-corrected chi connectivity index (χ2v) is 12.6. The average molecular weight is 723 g/mol. The molecule has 55 heavy (non-hydrogen) atoms. The largest absolute Gasteiger partial charge is 0.507 e. The molecular formula is C52H36N2O. The van der Waals surface area contributed by atoms with Crippen LogP contribution in [0.4, 0.5) is 17.1 Å². The summed E-state index contributed by atoms with van der Waals surface area (Å²) in [6.45, 7) is 0. The molecule has 0 fully saturated rings. The third kappa shape index (κ3) is 5.80. The van der Waals surface area contributed by atoms with Crippen molar-refractivity contribution in [3.63, 3.8) is 0 Å². The lowest BCUT2D eigenvalue weighted by Crippen LogP contribution is -2.09. The van der Waals surface area contributed by atoms with Gasteiger partial charge in [-0.2, -0.15) is 0 Å². The van der Waals surface area contributed by atoms with Crippen LogP contribution in [0.25, 0.3) is 71.6 Å². The summed E-state index contributed by atoms with van der Waals surface area (Å²) in [7, 11) is 0. The van der Waals surface area contributed by atoms with Crippen LogP contribution in [0.15, 0.2) is 212 Å². The van der Waals surface area contributed by atoms with Crippen molar-refractivity contribution in [1.82, 2.24) is 4.57 Å². The Kier molecular flexibility index (Phi) is 4.59. The number of nitrogens with zero attached hydrogens (tertiary/aromatic N) is 2. The van der Waals surface area contributed by atoms with Gasteiger partial charge in [-0.1, -0.05) is 145 Å². The van der Waals surface area contributed by atoms with Gasteiger partial charge in [0.1, 0.15) is 5.75 Å². The molecule has 1 N–H and O–H groups in total. The summed E-state index contributed by atoms with van der Waals surface area (Å²) in [5.41, 5.74) is 0.608. The Morgan fingerprint density at radius 3 is 1.76 bits per heavy atom. The van der Waals surface area contributed by atoms with Crippen LogP contribution in [-0.2, 0) is 0 Å². The predicted molar refractivity (Wildman–Crippen MR) is 231 cm³/mol. The maximum atomic E-state index is 12.1. The summed E-state index contributed by atoms with van der Waals surface area (Å²) in [6.07, 6.45) is 0. The van der Waals surface area contributed by atoms with Gasteiger partial charge >= 0.3 is 0 Å². The maximum absolute atomic E-state index is 12.1. The van der Waals surface area contributed by atoms with Crippen LogP contribution in [0.5, 0.6) is 5.75 Å². The summed E-state index contributed by atoms with van der Waals surface area (Å²) in [5.74, 6) is -1.06. The normalized spacial score (nSPS) is 15.9. The summed E-state index contributed by atoms with van der Waals surface area (Å²) in [6, 6.07) is 17.4. The van der Waals surface area contributed by atoms with Gasteiger partial charge in [0.15, 0.2) is 0 Å². The SMILES string of the molecule is [2H]c1c([2H])c([2H])c(N(c2ccc(-c3cccc(-n4c5ccccc5c5ccccc54)c3)cc2)c2c([2H])c([2H])c(-c3c([2H])c([2H])c([2H])c(-c4cc5c([2H])c([2H])c([2H])c([2H])c5c([2H])c4[2H])c3O)c([2H])c2[2H])c([2H])c1[2H]. The molecule has 1 heterocycles. The van der Waals surface area contributed by atoms with E-state index in [1.54, 1.807) is 12.1 Å². The van der Waals surface area contributed by atoms with Gasteiger partial charge in [0.2, 0.25) is 0 Å². The Morgan fingerprint density at radius 1 is 0.418 bits per heavy atom.